The van der Waals surface area contributed by atoms with Gasteiger partial charge in [0.05, 0.1) is 11.4 Å². The summed E-state index contributed by atoms with van der Waals surface area (Å²) in [5.74, 6) is -0.254. The monoisotopic (exact) mass is 433 g/mol. The minimum absolute atomic E-state index is 0.0193. The molecule has 2 aromatic carbocycles. The number of aromatic nitrogens is 3. The Balaban J connectivity index is 0.000000754. The van der Waals surface area contributed by atoms with Crippen LogP contribution in [0.1, 0.15) is 30.4 Å². The summed E-state index contributed by atoms with van der Waals surface area (Å²) in [7, 11) is 0. The molecule has 0 aliphatic heterocycles. The van der Waals surface area contributed by atoms with E-state index in [1.165, 1.54) is 25.3 Å². The van der Waals surface area contributed by atoms with Crippen molar-refractivity contribution in [3.63, 3.8) is 0 Å². The van der Waals surface area contributed by atoms with Gasteiger partial charge in [-0.15, -0.1) is 5.10 Å². The van der Waals surface area contributed by atoms with Crippen molar-refractivity contribution in [2.45, 2.75) is 32.7 Å². The molecule has 0 spiro atoms. The first-order valence-electron chi connectivity index (χ1n) is 10.4. The second kappa shape index (κ2) is 9.47. The van der Waals surface area contributed by atoms with Gasteiger partial charge < -0.3 is 10.4 Å². The number of amides is 1. The van der Waals surface area contributed by atoms with Crippen molar-refractivity contribution in [2.75, 3.05) is 10.6 Å². The molecule has 0 radical (unpaired) electrons. The molecule has 0 atom stereocenters. The zero-order valence-electron chi connectivity index (χ0n) is 17.7. The van der Waals surface area contributed by atoms with Gasteiger partial charge in [-0.25, -0.2) is 13.7 Å². The molecule has 0 unspecified atom stereocenters. The molecule has 0 bridgehead atoms. The molecule has 7 nitrogen and oxygen atoms in total. The minimum atomic E-state index is -1.22. The van der Waals surface area contributed by atoms with Gasteiger partial charge in [0, 0.05) is 12.1 Å². The summed E-state index contributed by atoms with van der Waals surface area (Å²) >= 11 is 0. The highest BCUT2D eigenvalue weighted by molar-refractivity contribution is 5.80. The molecule has 2 heterocycles. The number of nitrogens with one attached hydrogen (secondary N) is 2. The van der Waals surface area contributed by atoms with Crippen LogP contribution in [-0.2, 0) is 6.54 Å². The maximum Gasteiger partial charge on any atom is 0.411 e. The average molecular weight is 433 g/mol. The number of carbonyl (C=O) groups is 1. The summed E-state index contributed by atoms with van der Waals surface area (Å²) < 4.78 is 15.5. The zero-order chi connectivity index (χ0) is 22.5. The molecular formula is C24H24FN5O2. The molecule has 32 heavy (non-hydrogen) atoms. The predicted molar refractivity (Wildman–Crippen MR) is 122 cm³/mol. The minimum Gasteiger partial charge on any atom is -0.465 e. The molecular weight excluding hydrogens is 409 g/mol. The molecule has 1 fully saturated rings. The Morgan fingerprint density at radius 1 is 1.09 bits per heavy atom. The van der Waals surface area contributed by atoms with Crippen LogP contribution in [0.3, 0.4) is 0 Å². The van der Waals surface area contributed by atoms with Crippen molar-refractivity contribution in [1.82, 2.24) is 14.6 Å². The van der Waals surface area contributed by atoms with Crippen LogP contribution in [0.2, 0.25) is 0 Å². The molecule has 1 aliphatic carbocycles. The molecule has 2 aromatic heterocycles. The summed E-state index contributed by atoms with van der Waals surface area (Å²) in [4.78, 5) is 15.0. The number of anilines is 2. The number of hydrogen-bond acceptors (Lipinski definition) is 4. The number of aryl methyl sites for hydroxylation is 1. The van der Waals surface area contributed by atoms with Crippen LogP contribution >= 0.6 is 0 Å². The highest BCUT2D eigenvalue weighted by Gasteiger charge is 2.10. The molecule has 3 N–H and O–H groups in total. The topological polar surface area (TPSA) is 91.5 Å². The van der Waals surface area contributed by atoms with Crippen LogP contribution in [0.4, 0.5) is 20.8 Å². The van der Waals surface area contributed by atoms with E-state index in [-0.39, 0.29) is 11.8 Å². The van der Waals surface area contributed by atoms with E-state index >= 15 is 0 Å². The van der Waals surface area contributed by atoms with E-state index in [0.717, 1.165) is 22.4 Å². The Bertz CT molecular complexity index is 1230. The van der Waals surface area contributed by atoms with Crippen LogP contribution in [0.15, 0.2) is 60.7 Å². The summed E-state index contributed by atoms with van der Waals surface area (Å²) in [6.45, 7) is 2.34. The van der Waals surface area contributed by atoms with E-state index < -0.39 is 6.09 Å². The highest BCUT2D eigenvalue weighted by atomic mass is 19.1. The van der Waals surface area contributed by atoms with E-state index in [1.807, 2.05) is 49.4 Å². The van der Waals surface area contributed by atoms with Crippen molar-refractivity contribution in [3.05, 3.63) is 77.6 Å². The first kappa shape index (κ1) is 21.3. The van der Waals surface area contributed by atoms with Gasteiger partial charge in [-0.2, -0.15) is 4.98 Å². The first-order chi connectivity index (χ1) is 15.5. The van der Waals surface area contributed by atoms with Crippen LogP contribution in [0.25, 0.3) is 16.9 Å². The highest BCUT2D eigenvalue weighted by Crippen LogP contribution is 2.22. The number of benzene rings is 2. The van der Waals surface area contributed by atoms with E-state index in [1.54, 1.807) is 16.6 Å². The Kier molecular flexibility index (Phi) is 6.30. The second-order valence-electron chi connectivity index (χ2n) is 7.64. The first-order valence-corrected chi connectivity index (χ1v) is 10.4. The number of fused-ring (bicyclic) bond motifs is 1. The lowest BCUT2D eigenvalue weighted by atomic mass is 10.1. The van der Waals surface area contributed by atoms with Gasteiger partial charge in [0.25, 0.3) is 5.95 Å². The van der Waals surface area contributed by atoms with Gasteiger partial charge in [0.2, 0.25) is 0 Å². The smallest absolute Gasteiger partial charge is 0.411 e. The fourth-order valence-electron chi connectivity index (χ4n) is 3.03. The summed E-state index contributed by atoms with van der Waals surface area (Å²) in [6, 6.07) is 18.3. The Morgan fingerprint density at radius 3 is 2.50 bits per heavy atom. The molecule has 1 saturated carbocycles. The van der Waals surface area contributed by atoms with Gasteiger partial charge in [0.15, 0.2) is 5.65 Å². The third-order valence-corrected chi connectivity index (χ3v) is 4.79. The third-order valence-electron chi connectivity index (χ3n) is 4.79. The number of nitrogens with zero attached hydrogens (tertiary/aromatic N) is 3. The number of halogens is 1. The molecule has 5 rings (SSSR count). The largest absolute Gasteiger partial charge is 0.465 e. The fraction of sp³-hybridized carbons (Fsp3) is 0.208. The van der Waals surface area contributed by atoms with Crippen molar-refractivity contribution in [1.29, 1.82) is 0 Å². The van der Waals surface area contributed by atoms with Gasteiger partial charge >= 0.3 is 6.09 Å². The van der Waals surface area contributed by atoms with E-state index in [9.17, 15) is 9.18 Å². The van der Waals surface area contributed by atoms with Crippen LogP contribution in [-0.4, -0.2) is 25.8 Å². The third kappa shape index (κ3) is 5.40. The standard InChI is InChI=1S/C21H18FN5O2.C3H6/c1-13-5-10-17(16(22)11-13)23-12-14-6-8-15(9-7-14)18-3-2-4-19-24-20(25-21(28)29)26-27(18)19;1-2-3-1/h2-11,23H,12H2,1H3,(H,25,26)(H,28,29);1-3H2. The van der Waals surface area contributed by atoms with Crippen molar-refractivity contribution in [3.8, 4) is 11.3 Å². The molecule has 4 aromatic rings. The van der Waals surface area contributed by atoms with Crippen LogP contribution in [0, 0.1) is 12.7 Å². The predicted octanol–water partition coefficient (Wildman–Crippen LogP) is 5.72. The lowest BCUT2D eigenvalue weighted by Gasteiger charge is -2.09. The maximum atomic E-state index is 13.9. The quantitative estimate of drug-likeness (QED) is 0.375. The van der Waals surface area contributed by atoms with Crippen molar-refractivity contribution < 1.29 is 14.3 Å². The van der Waals surface area contributed by atoms with E-state index in [0.29, 0.717) is 17.9 Å². The molecule has 1 aliphatic rings. The molecule has 164 valence electrons. The van der Waals surface area contributed by atoms with Crippen LogP contribution in [0.5, 0.6) is 0 Å². The second-order valence-corrected chi connectivity index (χ2v) is 7.64. The normalized spacial score (nSPS) is 12.1. The Morgan fingerprint density at radius 2 is 1.84 bits per heavy atom. The average Bonchev–Trinajstić information content (AvgIpc) is 3.59. The number of carboxylic acid groups (broad SMARTS) is 1. The summed E-state index contributed by atoms with van der Waals surface area (Å²) in [6.07, 6.45) is 3.28. The van der Waals surface area contributed by atoms with Gasteiger partial charge in [-0.05, 0) is 42.3 Å². The number of pyridine rings is 1. The maximum absolute atomic E-state index is 13.9. The molecule has 0 saturated heterocycles. The van der Waals surface area contributed by atoms with Gasteiger partial charge in [-0.1, -0.05) is 55.7 Å². The zero-order valence-corrected chi connectivity index (χ0v) is 17.7. The van der Waals surface area contributed by atoms with Gasteiger partial charge in [-0.3, -0.25) is 5.32 Å². The Labute approximate surface area is 184 Å². The lowest BCUT2D eigenvalue weighted by Crippen LogP contribution is -2.08. The SMILES string of the molecule is C1CC1.Cc1ccc(NCc2ccc(-c3cccc4nc(NC(=O)O)nn34)cc2)c(F)c1. The van der Waals surface area contributed by atoms with Gasteiger partial charge in [0.1, 0.15) is 5.82 Å². The number of rotatable bonds is 5. The molecule has 1 amide bonds. The van der Waals surface area contributed by atoms with E-state index in [2.05, 4.69) is 20.7 Å². The van der Waals surface area contributed by atoms with Crippen molar-refractivity contribution in [2.24, 2.45) is 0 Å². The molecule has 8 heteroatoms. The fourth-order valence-corrected chi connectivity index (χ4v) is 3.03. The Hall–Kier alpha value is -3.94. The van der Waals surface area contributed by atoms with E-state index in [4.69, 9.17) is 5.11 Å². The van der Waals surface area contributed by atoms with Crippen LogP contribution < -0.4 is 10.6 Å². The van der Waals surface area contributed by atoms with Crippen molar-refractivity contribution >= 4 is 23.4 Å². The lowest BCUT2D eigenvalue weighted by molar-refractivity contribution is 0.209. The number of hydrogen-bond donors (Lipinski definition) is 3. The summed E-state index contributed by atoms with van der Waals surface area (Å²) in [5.41, 5.74) is 4.54. The summed E-state index contributed by atoms with van der Waals surface area (Å²) in [5, 5.41) is 18.3.